The monoisotopic (exact) mass is 414 g/mol. The van der Waals surface area contributed by atoms with Gasteiger partial charge in [0.2, 0.25) is 10.0 Å². The van der Waals surface area contributed by atoms with Gasteiger partial charge in [0.1, 0.15) is 0 Å². The van der Waals surface area contributed by atoms with Crippen LogP contribution in [0, 0.1) is 12.3 Å². The number of aryl methyl sites for hydroxylation is 1. The highest BCUT2D eigenvalue weighted by atomic mass is 32.2. The van der Waals surface area contributed by atoms with Gasteiger partial charge in [0.25, 0.3) is 0 Å². The minimum Gasteiger partial charge on any atom is -0.462 e. The van der Waals surface area contributed by atoms with Crippen LogP contribution in [-0.4, -0.2) is 32.1 Å². The van der Waals surface area contributed by atoms with E-state index in [1.54, 1.807) is 24.3 Å². The third kappa shape index (κ3) is 4.74. The van der Waals surface area contributed by atoms with Crippen molar-refractivity contribution in [3.05, 3.63) is 64.6 Å². The van der Waals surface area contributed by atoms with Crippen molar-refractivity contribution in [2.24, 2.45) is 0 Å². The number of sulfonamides is 1. The molecule has 2 aromatic carbocycles. The Labute approximate surface area is 167 Å². The molecule has 0 atom stereocenters. The fourth-order valence-corrected chi connectivity index (χ4v) is 3.69. The van der Waals surface area contributed by atoms with Crippen LogP contribution in [-0.2, 0) is 21.3 Å². The van der Waals surface area contributed by atoms with E-state index >= 15 is 0 Å². The summed E-state index contributed by atoms with van der Waals surface area (Å²) in [7, 11) is -3.81. The Morgan fingerprint density at radius 2 is 2.00 bits per heavy atom. The zero-order valence-corrected chi connectivity index (χ0v) is 16.1. The molecule has 0 aliphatic heterocycles. The molecular formula is C20H18N2O6S. The van der Waals surface area contributed by atoms with Crippen LogP contribution in [0.5, 0.6) is 0 Å². The fourth-order valence-electron chi connectivity index (χ4n) is 2.71. The minimum absolute atomic E-state index is 0.0527. The molecule has 0 bridgehead atoms. The molecule has 0 fully saturated rings. The molecule has 0 saturated carbocycles. The molecule has 29 heavy (non-hydrogen) atoms. The van der Waals surface area contributed by atoms with Crippen LogP contribution in [0.25, 0.3) is 11.1 Å². The van der Waals surface area contributed by atoms with E-state index in [1.165, 1.54) is 28.8 Å². The standard InChI is InChI=1S/C20H18N2O6S/c1-2-11-21-29(25,26)16-8-5-7-15(14-16)19(23)27-13-6-12-22-17-9-3-4-10-18(17)28-20(22)24/h1,3-5,7-10,14,21H,6,11-13H2. The second-order valence-corrected chi connectivity index (χ2v) is 7.80. The van der Waals surface area contributed by atoms with Crippen molar-refractivity contribution < 1.29 is 22.4 Å². The van der Waals surface area contributed by atoms with Crippen molar-refractivity contribution in [1.82, 2.24) is 9.29 Å². The van der Waals surface area contributed by atoms with E-state index in [-0.39, 0.29) is 23.6 Å². The normalized spacial score (nSPS) is 11.3. The molecule has 9 heteroatoms. The number of ether oxygens (including phenoxy) is 1. The predicted molar refractivity (Wildman–Crippen MR) is 106 cm³/mol. The number of hydrogen-bond acceptors (Lipinski definition) is 6. The third-order valence-electron chi connectivity index (χ3n) is 4.08. The highest BCUT2D eigenvalue weighted by Gasteiger charge is 2.16. The molecule has 1 aromatic heterocycles. The summed E-state index contributed by atoms with van der Waals surface area (Å²) in [4.78, 5) is 24.0. The number of rotatable bonds is 8. The number of para-hydroxylation sites is 2. The molecule has 0 amide bonds. The molecule has 3 rings (SSSR count). The van der Waals surface area contributed by atoms with Gasteiger partial charge in [-0.1, -0.05) is 24.1 Å². The van der Waals surface area contributed by atoms with Crippen LogP contribution in [0.3, 0.4) is 0 Å². The number of benzene rings is 2. The molecule has 0 radical (unpaired) electrons. The second-order valence-electron chi connectivity index (χ2n) is 6.03. The summed E-state index contributed by atoms with van der Waals surface area (Å²) < 4.78 is 38.2. The van der Waals surface area contributed by atoms with E-state index in [9.17, 15) is 18.0 Å². The summed E-state index contributed by atoms with van der Waals surface area (Å²) in [6, 6.07) is 12.5. The van der Waals surface area contributed by atoms with Gasteiger partial charge in [-0.3, -0.25) is 4.57 Å². The van der Waals surface area contributed by atoms with Gasteiger partial charge < -0.3 is 9.15 Å². The summed E-state index contributed by atoms with van der Waals surface area (Å²) >= 11 is 0. The first-order valence-electron chi connectivity index (χ1n) is 8.71. The minimum atomic E-state index is -3.81. The number of terminal acetylenes is 1. The lowest BCUT2D eigenvalue weighted by Crippen LogP contribution is -2.24. The number of fused-ring (bicyclic) bond motifs is 1. The molecule has 1 N–H and O–H groups in total. The number of hydrogen-bond donors (Lipinski definition) is 1. The lowest BCUT2D eigenvalue weighted by molar-refractivity contribution is 0.0495. The molecule has 0 spiro atoms. The van der Waals surface area contributed by atoms with Crippen LogP contribution < -0.4 is 10.5 Å². The smallest absolute Gasteiger partial charge is 0.419 e. The van der Waals surface area contributed by atoms with Gasteiger partial charge in [0.05, 0.1) is 29.1 Å². The number of carbonyl (C=O) groups is 1. The molecular weight excluding hydrogens is 396 g/mol. The summed E-state index contributed by atoms with van der Waals surface area (Å²) in [5, 5.41) is 0. The van der Waals surface area contributed by atoms with Crippen LogP contribution in [0.15, 0.2) is 62.6 Å². The van der Waals surface area contributed by atoms with Gasteiger partial charge >= 0.3 is 11.7 Å². The molecule has 0 aliphatic rings. The average Bonchev–Trinajstić information content (AvgIpc) is 3.04. The topological polar surface area (TPSA) is 108 Å². The number of esters is 1. The Morgan fingerprint density at radius 1 is 1.21 bits per heavy atom. The fraction of sp³-hybridized carbons (Fsp3) is 0.200. The maximum Gasteiger partial charge on any atom is 0.419 e. The van der Waals surface area contributed by atoms with Crippen molar-refractivity contribution in [3.8, 4) is 12.3 Å². The highest BCUT2D eigenvalue weighted by Crippen LogP contribution is 2.14. The van der Waals surface area contributed by atoms with E-state index in [0.717, 1.165) is 0 Å². The Kier molecular flexibility index (Phi) is 6.16. The number of nitrogens with zero attached hydrogens (tertiary/aromatic N) is 1. The summed E-state index contributed by atoms with van der Waals surface area (Å²) in [6.07, 6.45) is 5.44. The van der Waals surface area contributed by atoms with Crippen molar-refractivity contribution in [3.63, 3.8) is 0 Å². The predicted octanol–water partition coefficient (Wildman–Crippen LogP) is 1.75. The Morgan fingerprint density at radius 3 is 2.79 bits per heavy atom. The number of aromatic nitrogens is 1. The molecule has 0 aliphatic carbocycles. The Hall–Kier alpha value is -3.35. The van der Waals surface area contributed by atoms with Crippen molar-refractivity contribution >= 4 is 27.1 Å². The Bertz CT molecular complexity index is 1230. The third-order valence-corrected chi connectivity index (χ3v) is 5.48. The molecule has 3 aromatic rings. The second kappa shape index (κ2) is 8.77. The SMILES string of the molecule is C#CCNS(=O)(=O)c1cccc(C(=O)OCCCn2c(=O)oc3ccccc32)c1. The molecule has 150 valence electrons. The van der Waals surface area contributed by atoms with Crippen molar-refractivity contribution in [2.75, 3.05) is 13.2 Å². The van der Waals surface area contributed by atoms with Crippen molar-refractivity contribution in [2.45, 2.75) is 17.9 Å². The van der Waals surface area contributed by atoms with Gasteiger partial charge in [-0.05, 0) is 36.8 Å². The quantitative estimate of drug-likeness (QED) is 0.342. The van der Waals surface area contributed by atoms with Gasteiger partial charge in [-0.15, -0.1) is 6.42 Å². The summed E-state index contributed by atoms with van der Waals surface area (Å²) in [5.41, 5.74) is 1.26. The summed E-state index contributed by atoms with van der Waals surface area (Å²) in [5.74, 6) is 1.04. The van der Waals surface area contributed by atoms with Crippen LogP contribution in [0.2, 0.25) is 0 Å². The average molecular weight is 414 g/mol. The van der Waals surface area contributed by atoms with E-state index in [4.69, 9.17) is 15.6 Å². The van der Waals surface area contributed by atoms with Gasteiger partial charge in [0, 0.05) is 6.54 Å². The first-order chi connectivity index (χ1) is 13.9. The van der Waals surface area contributed by atoms with Crippen molar-refractivity contribution in [1.29, 1.82) is 0 Å². The molecule has 8 nitrogen and oxygen atoms in total. The highest BCUT2D eigenvalue weighted by molar-refractivity contribution is 7.89. The van der Waals surface area contributed by atoms with E-state index in [2.05, 4.69) is 10.6 Å². The maximum atomic E-state index is 12.2. The lowest BCUT2D eigenvalue weighted by Gasteiger charge is -2.08. The van der Waals surface area contributed by atoms with Gasteiger partial charge in [0.15, 0.2) is 5.58 Å². The summed E-state index contributed by atoms with van der Waals surface area (Å²) in [6.45, 7) is 0.212. The molecule has 0 unspecified atom stereocenters. The Balaban J connectivity index is 1.60. The van der Waals surface area contributed by atoms with E-state index in [0.29, 0.717) is 24.1 Å². The number of carbonyl (C=O) groups excluding carboxylic acids is 1. The molecule has 0 saturated heterocycles. The van der Waals surface area contributed by atoms with E-state index in [1.807, 2.05) is 0 Å². The maximum absolute atomic E-state index is 12.2. The first kappa shape index (κ1) is 20.4. The molecule has 1 heterocycles. The van der Waals surface area contributed by atoms with Crippen LogP contribution in [0.4, 0.5) is 0 Å². The van der Waals surface area contributed by atoms with E-state index < -0.39 is 21.7 Å². The number of oxazole rings is 1. The zero-order valence-electron chi connectivity index (χ0n) is 15.3. The lowest BCUT2D eigenvalue weighted by atomic mass is 10.2. The largest absolute Gasteiger partial charge is 0.462 e. The number of nitrogens with one attached hydrogen (secondary N) is 1. The van der Waals surface area contributed by atoms with Gasteiger partial charge in [-0.2, -0.15) is 4.72 Å². The van der Waals surface area contributed by atoms with Crippen LogP contribution >= 0.6 is 0 Å². The van der Waals surface area contributed by atoms with Gasteiger partial charge in [-0.25, -0.2) is 18.0 Å². The van der Waals surface area contributed by atoms with Crippen LogP contribution in [0.1, 0.15) is 16.8 Å². The zero-order chi connectivity index (χ0) is 20.9. The first-order valence-corrected chi connectivity index (χ1v) is 10.2.